The molecule has 0 aromatic heterocycles. The molecule has 1 saturated carbocycles. The molecule has 0 unspecified atom stereocenters. The summed E-state index contributed by atoms with van der Waals surface area (Å²) >= 11 is 9.50. The predicted molar refractivity (Wildman–Crippen MR) is 63.6 cm³/mol. The lowest BCUT2D eigenvalue weighted by molar-refractivity contribution is 0.537. The minimum Gasteiger partial charge on any atom is -0.307 e. The standard InChI is InChI=1S/C11H13BrClN/c1-11(5-6-11)14-7-8-3-2-4-9(13)10(8)12/h2-4,14H,5-7H2,1H3. The number of hydrogen-bond donors (Lipinski definition) is 1. The second-order valence-electron chi connectivity index (χ2n) is 4.13. The number of halogens is 2. The van der Waals surface area contributed by atoms with Gasteiger partial charge in [0.25, 0.3) is 0 Å². The molecule has 0 amide bonds. The van der Waals surface area contributed by atoms with Gasteiger partial charge in [-0.05, 0) is 47.3 Å². The van der Waals surface area contributed by atoms with Crippen LogP contribution in [-0.4, -0.2) is 5.54 Å². The molecule has 3 heteroatoms. The van der Waals surface area contributed by atoms with Gasteiger partial charge in [0.2, 0.25) is 0 Å². The van der Waals surface area contributed by atoms with Crippen molar-refractivity contribution < 1.29 is 0 Å². The molecule has 1 aliphatic carbocycles. The van der Waals surface area contributed by atoms with E-state index in [9.17, 15) is 0 Å². The Bertz CT molecular complexity index is 347. The van der Waals surface area contributed by atoms with E-state index in [2.05, 4.69) is 34.2 Å². The van der Waals surface area contributed by atoms with Crippen molar-refractivity contribution in [1.82, 2.24) is 5.32 Å². The predicted octanol–water partition coefficient (Wildman–Crippen LogP) is 3.74. The number of nitrogens with one attached hydrogen (secondary N) is 1. The largest absolute Gasteiger partial charge is 0.307 e. The molecule has 1 N–H and O–H groups in total. The van der Waals surface area contributed by atoms with Gasteiger partial charge in [0, 0.05) is 16.6 Å². The summed E-state index contributed by atoms with van der Waals surface area (Å²) in [6, 6.07) is 5.97. The maximum Gasteiger partial charge on any atom is 0.0551 e. The first-order chi connectivity index (χ1) is 6.61. The lowest BCUT2D eigenvalue weighted by Gasteiger charge is -2.12. The highest BCUT2D eigenvalue weighted by Gasteiger charge is 2.36. The smallest absolute Gasteiger partial charge is 0.0551 e. The van der Waals surface area contributed by atoms with Crippen molar-refractivity contribution in [2.75, 3.05) is 0 Å². The van der Waals surface area contributed by atoms with Crippen LogP contribution < -0.4 is 5.32 Å². The van der Waals surface area contributed by atoms with E-state index in [1.54, 1.807) is 0 Å². The maximum absolute atomic E-state index is 6.00. The molecule has 76 valence electrons. The van der Waals surface area contributed by atoms with Gasteiger partial charge in [0.1, 0.15) is 0 Å². The topological polar surface area (TPSA) is 12.0 Å². The molecule has 1 nitrogen and oxygen atoms in total. The summed E-state index contributed by atoms with van der Waals surface area (Å²) in [6.07, 6.45) is 2.57. The molecular formula is C11H13BrClN. The summed E-state index contributed by atoms with van der Waals surface area (Å²) < 4.78 is 1.01. The van der Waals surface area contributed by atoms with E-state index in [0.29, 0.717) is 5.54 Å². The van der Waals surface area contributed by atoms with Gasteiger partial charge >= 0.3 is 0 Å². The Balaban J connectivity index is 2.05. The van der Waals surface area contributed by atoms with Crippen molar-refractivity contribution in [3.8, 4) is 0 Å². The van der Waals surface area contributed by atoms with Crippen LogP contribution in [0.15, 0.2) is 22.7 Å². The van der Waals surface area contributed by atoms with Gasteiger partial charge in [-0.25, -0.2) is 0 Å². The van der Waals surface area contributed by atoms with Gasteiger partial charge in [0.15, 0.2) is 0 Å². The Morgan fingerprint density at radius 3 is 2.86 bits per heavy atom. The highest BCUT2D eigenvalue weighted by molar-refractivity contribution is 9.10. The average Bonchev–Trinajstić information content (AvgIpc) is 2.88. The first-order valence-electron chi connectivity index (χ1n) is 4.79. The molecule has 0 radical (unpaired) electrons. The Morgan fingerprint density at radius 2 is 2.21 bits per heavy atom. The molecule has 1 aromatic rings. The van der Waals surface area contributed by atoms with Crippen molar-refractivity contribution in [3.05, 3.63) is 33.3 Å². The van der Waals surface area contributed by atoms with Crippen LogP contribution in [0.5, 0.6) is 0 Å². The van der Waals surface area contributed by atoms with Crippen LogP contribution in [0.2, 0.25) is 5.02 Å². The molecule has 0 aliphatic heterocycles. The van der Waals surface area contributed by atoms with Gasteiger partial charge in [-0.1, -0.05) is 23.7 Å². The zero-order valence-corrected chi connectivity index (χ0v) is 10.5. The van der Waals surface area contributed by atoms with Crippen molar-refractivity contribution >= 4 is 27.5 Å². The second kappa shape index (κ2) is 3.84. The highest BCUT2D eigenvalue weighted by Crippen LogP contribution is 2.35. The quantitative estimate of drug-likeness (QED) is 0.885. The van der Waals surface area contributed by atoms with E-state index in [1.165, 1.54) is 18.4 Å². The highest BCUT2D eigenvalue weighted by atomic mass is 79.9. The van der Waals surface area contributed by atoms with Crippen LogP contribution in [0.4, 0.5) is 0 Å². The molecular weight excluding hydrogens is 261 g/mol. The molecule has 1 fully saturated rings. The third kappa shape index (κ3) is 2.30. The van der Waals surface area contributed by atoms with Crippen LogP contribution >= 0.6 is 27.5 Å². The van der Waals surface area contributed by atoms with Crippen molar-refractivity contribution in [2.24, 2.45) is 0 Å². The fraction of sp³-hybridized carbons (Fsp3) is 0.455. The molecule has 0 atom stereocenters. The molecule has 2 rings (SSSR count). The fourth-order valence-electron chi connectivity index (χ4n) is 1.36. The Kier molecular flexibility index (Phi) is 2.87. The van der Waals surface area contributed by atoms with Crippen molar-refractivity contribution in [1.29, 1.82) is 0 Å². The van der Waals surface area contributed by atoms with Crippen LogP contribution in [0.1, 0.15) is 25.3 Å². The summed E-state index contributed by atoms with van der Waals surface area (Å²) in [7, 11) is 0. The average molecular weight is 275 g/mol. The van der Waals surface area contributed by atoms with Gasteiger partial charge in [-0.15, -0.1) is 0 Å². The fourth-order valence-corrected chi connectivity index (χ4v) is 1.96. The summed E-state index contributed by atoms with van der Waals surface area (Å²) in [5.41, 5.74) is 1.60. The lowest BCUT2D eigenvalue weighted by atomic mass is 10.2. The Hall–Kier alpha value is -0.0500. The van der Waals surface area contributed by atoms with Crippen molar-refractivity contribution in [3.63, 3.8) is 0 Å². The van der Waals surface area contributed by atoms with Gasteiger partial charge < -0.3 is 5.32 Å². The summed E-state index contributed by atoms with van der Waals surface area (Å²) in [4.78, 5) is 0. The molecule has 0 saturated heterocycles. The van der Waals surface area contributed by atoms with Crippen LogP contribution in [0, 0.1) is 0 Å². The molecule has 1 aliphatic rings. The minimum atomic E-state index is 0.377. The normalized spacial score (nSPS) is 18.2. The van der Waals surface area contributed by atoms with Crippen LogP contribution in [0.25, 0.3) is 0 Å². The van der Waals surface area contributed by atoms with Gasteiger partial charge in [0.05, 0.1) is 5.02 Å². The monoisotopic (exact) mass is 273 g/mol. The Morgan fingerprint density at radius 1 is 1.50 bits per heavy atom. The first-order valence-corrected chi connectivity index (χ1v) is 5.96. The lowest BCUT2D eigenvalue weighted by Crippen LogP contribution is -2.27. The third-order valence-corrected chi connectivity index (χ3v) is 4.22. The molecule has 0 heterocycles. The van der Waals surface area contributed by atoms with E-state index in [0.717, 1.165) is 16.0 Å². The molecule has 0 spiro atoms. The molecule has 0 bridgehead atoms. The van der Waals surface area contributed by atoms with Crippen LogP contribution in [-0.2, 0) is 6.54 Å². The SMILES string of the molecule is CC1(NCc2cccc(Cl)c2Br)CC1. The zero-order chi connectivity index (χ0) is 10.2. The van der Waals surface area contributed by atoms with E-state index >= 15 is 0 Å². The zero-order valence-electron chi connectivity index (χ0n) is 8.11. The van der Waals surface area contributed by atoms with Gasteiger partial charge in [-0.2, -0.15) is 0 Å². The van der Waals surface area contributed by atoms with Crippen LogP contribution in [0.3, 0.4) is 0 Å². The van der Waals surface area contributed by atoms with E-state index < -0.39 is 0 Å². The van der Waals surface area contributed by atoms with E-state index in [4.69, 9.17) is 11.6 Å². The summed E-state index contributed by atoms with van der Waals surface area (Å²) in [5.74, 6) is 0. The summed E-state index contributed by atoms with van der Waals surface area (Å²) in [5, 5.41) is 4.31. The number of rotatable bonds is 3. The van der Waals surface area contributed by atoms with E-state index in [1.807, 2.05) is 12.1 Å². The van der Waals surface area contributed by atoms with Gasteiger partial charge in [-0.3, -0.25) is 0 Å². The molecule has 14 heavy (non-hydrogen) atoms. The summed E-state index contributed by atoms with van der Waals surface area (Å²) in [6.45, 7) is 3.14. The number of benzene rings is 1. The Labute approximate surface area is 98.0 Å². The number of hydrogen-bond acceptors (Lipinski definition) is 1. The van der Waals surface area contributed by atoms with Crippen molar-refractivity contribution in [2.45, 2.75) is 31.8 Å². The third-order valence-electron chi connectivity index (χ3n) is 2.74. The first kappa shape index (κ1) is 10.5. The van der Waals surface area contributed by atoms with E-state index in [-0.39, 0.29) is 0 Å². The minimum absolute atomic E-state index is 0.377. The second-order valence-corrected chi connectivity index (χ2v) is 5.33. The molecule has 1 aromatic carbocycles. The maximum atomic E-state index is 6.00.